The van der Waals surface area contributed by atoms with E-state index < -0.39 is 67.7 Å². The van der Waals surface area contributed by atoms with Crippen molar-refractivity contribution in [3.63, 3.8) is 0 Å². The normalized spacial score (nSPS) is 30.7. The highest BCUT2D eigenvalue weighted by molar-refractivity contribution is 7.91. The van der Waals surface area contributed by atoms with Crippen LogP contribution in [0, 0.1) is 12.8 Å². The van der Waals surface area contributed by atoms with Crippen LogP contribution in [0.5, 0.6) is 5.75 Å². The topological polar surface area (TPSA) is 173 Å². The number of allylic oxidation sites excluding steroid dienone is 1. The third-order valence-corrected chi connectivity index (χ3v) is 13.6. The van der Waals surface area contributed by atoms with Crippen molar-refractivity contribution in [1.29, 1.82) is 0 Å². The smallest absolute Gasteiger partial charge is 0.407 e. The molecule has 3 fully saturated rings. The molecule has 2 aliphatic carbocycles. The third-order valence-electron chi connectivity index (χ3n) is 11.4. The molecule has 1 spiro atoms. The predicted octanol–water partition coefficient (Wildman–Crippen LogP) is 3.72. The number of benzene rings is 1. The van der Waals surface area contributed by atoms with Crippen molar-refractivity contribution < 1.29 is 37.1 Å². The van der Waals surface area contributed by atoms with Crippen LogP contribution in [0.25, 0.3) is 10.9 Å². The molecular weight excluding hydrogens is 675 g/mol. The number of carbonyl (C=O) groups excluding carboxylic acids is 4. The van der Waals surface area contributed by atoms with E-state index in [2.05, 4.69) is 15.4 Å². The lowest BCUT2D eigenvalue weighted by Gasteiger charge is -2.36. The van der Waals surface area contributed by atoms with Crippen LogP contribution >= 0.6 is 0 Å². The molecule has 274 valence electrons. The van der Waals surface area contributed by atoms with Gasteiger partial charge in [0, 0.05) is 23.3 Å². The molecule has 1 aromatic heterocycles. The maximum absolute atomic E-state index is 14.5. The van der Waals surface area contributed by atoms with E-state index in [0.717, 1.165) is 29.3 Å². The summed E-state index contributed by atoms with van der Waals surface area (Å²) in [6.45, 7) is 5.37. The first kappa shape index (κ1) is 35.2. The second-order valence-corrected chi connectivity index (χ2v) is 17.3. The second kappa shape index (κ2) is 13.1. The summed E-state index contributed by atoms with van der Waals surface area (Å²) < 4.78 is 39.5. The van der Waals surface area contributed by atoms with E-state index in [4.69, 9.17) is 14.5 Å². The van der Waals surface area contributed by atoms with Crippen molar-refractivity contribution in [2.24, 2.45) is 5.92 Å². The molecule has 2 aromatic rings. The molecule has 4 amide bonds. The molecule has 4 heterocycles. The lowest BCUT2D eigenvalue weighted by atomic mass is 9.87. The maximum atomic E-state index is 14.5. The average Bonchev–Trinajstić information content (AvgIpc) is 3.98. The number of rotatable bonds is 5. The van der Waals surface area contributed by atoms with E-state index in [-0.39, 0.29) is 26.0 Å². The van der Waals surface area contributed by atoms with E-state index in [0.29, 0.717) is 56.4 Å². The lowest BCUT2D eigenvalue weighted by molar-refractivity contribution is -0.141. The van der Waals surface area contributed by atoms with Gasteiger partial charge in [0.2, 0.25) is 21.8 Å². The van der Waals surface area contributed by atoms with Gasteiger partial charge in [-0.05, 0) is 78.2 Å². The van der Waals surface area contributed by atoms with Crippen LogP contribution in [0.4, 0.5) is 4.79 Å². The summed E-state index contributed by atoms with van der Waals surface area (Å²) in [4.78, 5) is 61.8. The number of alkyl carbamates (subject to hydrolysis) is 1. The zero-order valence-corrected chi connectivity index (χ0v) is 30.3. The maximum Gasteiger partial charge on any atom is 0.407 e. The minimum Gasteiger partial charge on any atom is -0.483 e. The molecule has 7 rings (SSSR count). The van der Waals surface area contributed by atoms with E-state index >= 15 is 0 Å². The molecule has 1 aromatic carbocycles. The Labute approximate surface area is 298 Å². The monoisotopic (exact) mass is 721 g/mol. The number of sulfonamides is 1. The number of hydrogen-bond donors (Lipinski definition) is 3. The van der Waals surface area contributed by atoms with Crippen LogP contribution in [0.1, 0.15) is 89.3 Å². The van der Waals surface area contributed by atoms with Gasteiger partial charge in [-0.1, -0.05) is 43.2 Å². The molecule has 3 N–H and O–H groups in total. The van der Waals surface area contributed by atoms with Crippen molar-refractivity contribution in [1.82, 2.24) is 25.2 Å². The molecule has 1 saturated heterocycles. The number of hydrogen-bond acceptors (Lipinski definition) is 9. The van der Waals surface area contributed by atoms with Crippen molar-refractivity contribution in [3.05, 3.63) is 47.7 Å². The molecule has 51 heavy (non-hydrogen) atoms. The zero-order chi connectivity index (χ0) is 36.2. The third kappa shape index (κ3) is 6.55. The molecule has 0 unspecified atom stereocenters. The zero-order valence-electron chi connectivity index (χ0n) is 29.5. The van der Waals surface area contributed by atoms with Gasteiger partial charge in [-0.25, -0.2) is 18.2 Å². The van der Waals surface area contributed by atoms with Crippen LogP contribution in [-0.2, 0) is 35.6 Å². The van der Waals surface area contributed by atoms with E-state index in [1.165, 1.54) is 4.90 Å². The largest absolute Gasteiger partial charge is 0.483 e. The first-order valence-electron chi connectivity index (χ1n) is 18.2. The van der Waals surface area contributed by atoms with Crippen molar-refractivity contribution in [3.8, 4) is 5.75 Å². The van der Waals surface area contributed by atoms with E-state index in [1.807, 2.05) is 43.3 Å². The molecule has 5 aliphatic rings. The Morgan fingerprint density at radius 1 is 1.12 bits per heavy atom. The number of nitrogens with one attached hydrogen (secondary N) is 3. The molecule has 0 bridgehead atoms. The van der Waals surface area contributed by atoms with Crippen molar-refractivity contribution >= 4 is 44.7 Å². The fraction of sp³-hybridized carbons (Fsp3) is 0.595. The summed E-state index contributed by atoms with van der Waals surface area (Å²) in [6, 6.07) is 5.86. The number of carbonyl (C=O) groups is 4. The fourth-order valence-electron chi connectivity index (χ4n) is 7.96. The standard InChI is InChI=1S/C37H47N5O8S/c1-4-49-34(46)39-28-15-9-7-5-6-8-12-24-20-37(24,33(45)41-51(47,48)35(3)18-19-35)40-31(43)29-21-36(22-42(29)32(28)44)17-16-26-25-13-10-11-14-27(25)38-23(2)30(26)50-36/h8,10-14,24,28-29H,4-7,9,15-22H2,1-3H3,(H,39,46)(H,40,43)(H,41,45)/b12-8-/t24-,28+,29+,36-,37-/m1/s1. The number of aryl methyl sites for hydroxylation is 2. The van der Waals surface area contributed by atoms with Crippen LogP contribution in [0.15, 0.2) is 36.4 Å². The summed E-state index contributed by atoms with van der Waals surface area (Å²) >= 11 is 0. The fourth-order valence-corrected chi connectivity index (χ4v) is 9.27. The predicted molar refractivity (Wildman–Crippen MR) is 188 cm³/mol. The van der Waals surface area contributed by atoms with Gasteiger partial charge in [-0.2, -0.15) is 0 Å². The highest BCUT2D eigenvalue weighted by atomic mass is 32.2. The number of aromatic nitrogens is 1. The first-order chi connectivity index (χ1) is 24.3. The minimum absolute atomic E-state index is 0.0753. The Kier molecular flexibility index (Phi) is 9.04. The lowest BCUT2D eigenvalue weighted by Crippen LogP contribution is -2.58. The molecule has 14 heteroatoms. The Bertz CT molecular complexity index is 1910. The van der Waals surface area contributed by atoms with Gasteiger partial charge >= 0.3 is 6.09 Å². The van der Waals surface area contributed by atoms with Crippen LogP contribution in [0.3, 0.4) is 0 Å². The van der Waals surface area contributed by atoms with Gasteiger partial charge in [0.25, 0.3) is 5.91 Å². The molecule has 3 aliphatic heterocycles. The van der Waals surface area contributed by atoms with Gasteiger partial charge in [-0.3, -0.25) is 19.1 Å². The second-order valence-electron chi connectivity index (χ2n) is 15.1. The number of fused-ring (bicyclic) bond motifs is 5. The van der Waals surface area contributed by atoms with Crippen LogP contribution in [0.2, 0.25) is 0 Å². The Balaban J connectivity index is 1.23. The summed E-state index contributed by atoms with van der Waals surface area (Å²) in [6.07, 6.45) is 8.87. The van der Waals surface area contributed by atoms with Gasteiger partial charge in [0.1, 0.15) is 29.0 Å². The van der Waals surface area contributed by atoms with E-state index in [1.54, 1.807) is 13.8 Å². The van der Waals surface area contributed by atoms with Gasteiger partial charge < -0.3 is 25.0 Å². The summed E-state index contributed by atoms with van der Waals surface area (Å²) in [7, 11) is -3.97. The highest BCUT2D eigenvalue weighted by Gasteiger charge is 2.64. The molecule has 13 nitrogen and oxygen atoms in total. The SMILES string of the molecule is CCOC(=O)N[C@H]1CCCCC/C=C\[C@@H]2C[C@@]2(C(=O)NS(=O)(=O)C2(C)CC2)NC(=O)[C@@H]2C[C@]3(CCc4c(c(C)nc5ccccc45)O3)CN2C1=O. The number of ether oxygens (including phenoxy) is 2. The average molecular weight is 722 g/mol. The minimum atomic E-state index is -3.97. The van der Waals surface area contributed by atoms with Gasteiger partial charge in [0.05, 0.1) is 29.1 Å². The van der Waals surface area contributed by atoms with E-state index in [9.17, 15) is 27.6 Å². The highest BCUT2D eigenvalue weighted by Crippen LogP contribution is 2.49. The number of pyridine rings is 1. The Hall–Kier alpha value is -4.20. The first-order valence-corrected chi connectivity index (χ1v) is 19.7. The summed E-state index contributed by atoms with van der Waals surface area (Å²) in [5.41, 5.74) is 0.169. The van der Waals surface area contributed by atoms with Crippen LogP contribution in [-0.4, -0.2) is 83.2 Å². The summed E-state index contributed by atoms with van der Waals surface area (Å²) in [5.74, 6) is -1.56. The molecular formula is C37H47N5O8S. The summed E-state index contributed by atoms with van der Waals surface area (Å²) in [5, 5.41) is 6.66. The van der Waals surface area contributed by atoms with Crippen LogP contribution < -0.4 is 20.1 Å². The van der Waals surface area contributed by atoms with Crippen molar-refractivity contribution in [2.45, 2.75) is 119 Å². The molecule has 0 radical (unpaired) electrons. The molecule has 2 saturated carbocycles. The van der Waals surface area contributed by atoms with Gasteiger partial charge in [0.15, 0.2) is 0 Å². The number of para-hydroxylation sites is 1. The quantitative estimate of drug-likeness (QED) is 0.389. The number of nitrogens with zero attached hydrogens (tertiary/aromatic N) is 2. The molecule has 5 atom stereocenters. The Morgan fingerprint density at radius 2 is 1.90 bits per heavy atom. The number of amides is 4. The van der Waals surface area contributed by atoms with Crippen molar-refractivity contribution in [2.75, 3.05) is 13.2 Å². The Morgan fingerprint density at radius 3 is 2.67 bits per heavy atom. The van der Waals surface area contributed by atoms with Gasteiger partial charge in [-0.15, -0.1) is 0 Å².